The van der Waals surface area contributed by atoms with Crippen molar-refractivity contribution in [3.8, 4) is 11.5 Å². The van der Waals surface area contributed by atoms with Gasteiger partial charge >= 0.3 is 26.2 Å². The maximum atomic E-state index is 9.11. The molecular formula is C26H30O2Zr. The van der Waals surface area contributed by atoms with Crippen molar-refractivity contribution >= 4 is 0 Å². The minimum absolute atomic E-state index is 0. The van der Waals surface area contributed by atoms with E-state index in [2.05, 4.69) is 0 Å². The van der Waals surface area contributed by atoms with E-state index in [0.717, 1.165) is 24.0 Å². The van der Waals surface area contributed by atoms with Gasteiger partial charge in [0.15, 0.2) is 0 Å². The first-order valence-corrected chi connectivity index (χ1v) is 9.56. The number of benzene rings is 2. The van der Waals surface area contributed by atoms with Crippen LogP contribution in [0.2, 0.25) is 0 Å². The molecule has 2 nitrogen and oxygen atoms in total. The predicted molar refractivity (Wildman–Crippen MR) is 119 cm³/mol. The molecule has 0 aliphatic rings. The van der Waals surface area contributed by atoms with E-state index in [1.165, 1.54) is 0 Å². The Morgan fingerprint density at radius 3 is 1.03 bits per heavy atom. The third-order valence-corrected chi connectivity index (χ3v) is 3.86. The summed E-state index contributed by atoms with van der Waals surface area (Å²) in [6, 6.07) is 34.8. The van der Waals surface area contributed by atoms with Crippen molar-refractivity contribution in [2.45, 2.75) is 26.7 Å². The predicted octanol–water partition coefficient (Wildman–Crippen LogP) is 6.72. The average molecular weight is 466 g/mol. The van der Waals surface area contributed by atoms with Crippen molar-refractivity contribution in [3.05, 3.63) is 120 Å². The van der Waals surface area contributed by atoms with Crippen molar-refractivity contribution < 1.29 is 36.4 Å². The maximum Gasteiger partial charge on any atom is 2.00 e. The molecule has 0 amide bonds. The average Bonchev–Trinajstić information content (AvgIpc) is 3.48. The fourth-order valence-electron chi connectivity index (χ4n) is 2.26. The Balaban J connectivity index is 0.000000369. The zero-order chi connectivity index (χ0) is 20.5. The van der Waals surface area contributed by atoms with Gasteiger partial charge in [0, 0.05) is 0 Å². The van der Waals surface area contributed by atoms with Gasteiger partial charge in [0.2, 0.25) is 0 Å². The van der Waals surface area contributed by atoms with E-state index >= 15 is 0 Å². The van der Waals surface area contributed by atoms with Crippen molar-refractivity contribution in [1.29, 1.82) is 0 Å². The molecule has 4 rings (SSSR count). The molecular weight excluding hydrogens is 436 g/mol. The smallest absolute Gasteiger partial charge is 0.508 e. The Bertz CT molecular complexity index is 715. The van der Waals surface area contributed by atoms with Gasteiger partial charge in [0.05, 0.1) is 0 Å². The van der Waals surface area contributed by atoms with E-state index in [1.807, 2.05) is 111 Å². The number of hydrogen-bond donors (Lipinski definition) is 2. The molecule has 0 saturated carbocycles. The SMILES string of the molecule is CCc1ccccc1O.CCc1ccccc1O.[Zr+2].c1cc[cH-]c1.c1cc[cH-]c1. The Morgan fingerprint density at radius 1 is 0.552 bits per heavy atom. The minimum atomic E-state index is 0. The van der Waals surface area contributed by atoms with Crippen LogP contribution in [0.3, 0.4) is 0 Å². The zero-order valence-corrected chi connectivity index (χ0v) is 19.7. The number of phenolic OH excluding ortho intramolecular Hbond substituents is 2. The molecule has 2 N–H and O–H groups in total. The Kier molecular flexibility index (Phi) is 16.3. The molecule has 0 atom stereocenters. The van der Waals surface area contributed by atoms with Crippen LogP contribution in [0.1, 0.15) is 25.0 Å². The number of aromatic hydroxyl groups is 2. The van der Waals surface area contributed by atoms with Crippen molar-refractivity contribution in [3.63, 3.8) is 0 Å². The Labute approximate surface area is 194 Å². The van der Waals surface area contributed by atoms with Gasteiger partial charge in [-0.1, -0.05) is 50.2 Å². The van der Waals surface area contributed by atoms with Crippen LogP contribution in [-0.4, -0.2) is 10.2 Å². The van der Waals surface area contributed by atoms with E-state index in [0.29, 0.717) is 11.5 Å². The summed E-state index contributed by atoms with van der Waals surface area (Å²) < 4.78 is 0. The Hall–Kier alpha value is -2.38. The monoisotopic (exact) mass is 464 g/mol. The fourth-order valence-corrected chi connectivity index (χ4v) is 2.26. The van der Waals surface area contributed by atoms with Crippen LogP contribution >= 0.6 is 0 Å². The summed E-state index contributed by atoms with van der Waals surface area (Å²) in [5.41, 5.74) is 2.02. The fraction of sp³-hybridized carbons (Fsp3) is 0.154. The van der Waals surface area contributed by atoms with Crippen LogP contribution in [0.25, 0.3) is 0 Å². The van der Waals surface area contributed by atoms with Crippen molar-refractivity contribution in [2.24, 2.45) is 0 Å². The number of para-hydroxylation sites is 2. The van der Waals surface area contributed by atoms with Crippen LogP contribution in [0.5, 0.6) is 11.5 Å². The molecule has 0 heterocycles. The number of rotatable bonds is 2. The standard InChI is InChI=1S/2C8H10O.2C5H5.Zr/c2*1-2-7-5-3-4-6-8(7)9;2*1-2-4-5-3-1;/h2*3-6,9H,2H2,1H3;2*1-5H;/q;;2*-1;+2. The van der Waals surface area contributed by atoms with Gasteiger partial charge in [-0.15, -0.1) is 0 Å². The minimum Gasteiger partial charge on any atom is -0.508 e. The van der Waals surface area contributed by atoms with E-state index in [4.69, 9.17) is 10.2 Å². The van der Waals surface area contributed by atoms with Gasteiger partial charge in [-0.3, -0.25) is 0 Å². The van der Waals surface area contributed by atoms with Crippen LogP contribution in [0, 0.1) is 0 Å². The van der Waals surface area contributed by atoms with E-state index in [-0.39, 0.29) is 26.2 Å². The van der Waals surface area contributed by atoms with Crippen LogP contribution in [0.15, 0.2) is 109 Å². The second-order valence-electron chi connectivity index (χ2n) is 5.89. The van der Waals surface area contributed by atoms with E-state index in [1.54, 1.807) is 12.1 Å². The van der Waals surface area contributed by atoms with E-state index in [9.17, 15) is 0 Å². The molecule has 29 heavy (non-hydrogen) atoms. The number of hydrogen-bond acceptors (Lipinski definition) is 2. The van der Waals surface area contributed by atoms with Gasteiger partial charge in [0.25, 0.3) is 0 Å². The third kappa shape index (κ3) is 12.6. The largest absolute Gasteiger partial charge is 2.00 e. The molecule has 0 aliphatic carbocycles. The van der Waals surface area contributed by atoms with Crippen LogP contribution in [-0.2, 0) is 39.0 Å². The van der Waals surface area contributed by atoms with Crippen molar-refractivity contribution in [1.82, 2.24) is 0 Å². The van der Waals surface area contributed by atoms with Crippen LogP contribution in [0.4, 0.5) is 0 Å². The summed E-state index contributed by atoms with van der Waals surface area (Å²) in [6.07, 6.45) is 1.79. The third-order valence-electron chi connectivity index (χ3n) is 3.86. The van der Waals surface area contributed by atoms with Crippen molar-refractivity contribution in [2.75, 3.05) is 0 Å². The number of aryl methyl sites for hydroxylation is 2. The molecule has 0 bridgehead atoms. The molecule has 150 valence electrons. The summed E-state index contributed by atoms with van der Waals surface area (Å²) in [7, 11) is 0. The first-order valence-electron chi connectivity index (χ1n) is 9.56. The van der Waals surface area contributed by atoms with Gasteiger partial charge in [-0.05, 0) is 36.1 Å². The van der Waals surface area contributed by atoms with Gasteiger partial charge in [0.1, 0.15) is 11.5 Å². The number of phenols is 2. The molecule has 4 aromatic rings. The zero-order valence-electron chi connectivity index (χ0n) is 17.2. The summed E-state index contributed by atoms with van der Waals surface area (Å²) in [6.45, 7) is 4.05. The molecule has 0 aromatic heterocycles. The molecule has 0 spiro atoms. The van der Waals surface area contributed by atoms with Crippen LogP contribution < -0.4 is 0 Å². The maximum absolute atomic E-state index is 9.11. The van der Waals surface area contributed by atoms with Gasteiger partial charge in [-0.25, -0.2) is 24.3 Å². The molecule has 4 aromatic carbocycles. The molecule has 0 radical (unpaired) electrons. The molecule has 0 fully saturated rings. The summed E-state index contributed by atoms with van der Waals surface area (Å²) in [4.78, 5) is 0. The normalized spacial score (nSPS) is 8.62. The second kappa shape index (κ2) is 17.7. The molecule has 0 saturated heterocycles. The molecule has 3 heteroatoms. The topological polar surface area (TPSA) is 40.5 Å². The summed E-state index contributed by atoms with van der Waals surface area (Å²) >= 11 is 0. The molecule has 0 unspecified atom stereocenters. The first-order chi connectivity index (χ1) is 13.7. The quantitative estimate of drug-likeness (QED) is 0.323. The van der Waals surface area contributed by atoms with Gasteiger partial charge in [-0.2, -0.15) is 36.4 Å². The van der Waals surface area contributed by atoms with E-state index < -0.39 is 0 Å². The Morgan fingerprint density at radius 2 is 0.862 bits per heavy atom. The summed E-state index contributed by atoms with van der Waals surface area (Å²) in [5.74, 6) is 0.806. The molecule has 0 aliphatic heterocycles. The van der Waals surface area contributed by atoms with Gasteiger partial charge < -0.3 is 10.2 Å². The summed E-state index contributed by atoms with van der Waals surface area (Å²) in [5, 5.41) is 18.2. The first kappa shape index (κ1) is 26.6. The second-order valence-corrected chi connectivity index (χ2v) is 5.89.